The largest absolute Gasteiger partial charge is 0.497 e. The predicted molar refractivity (Wildman–Crippen MR) is 153 cm³/mol. The summed E-state index contributed by atoms with van der Waals surface area (Å²) in [4.78, 5) is 28.4. The van der Waals surface area contributed by atoms with Gasteiger partial charge in [-0.3, -0.25) is 13.9 Å². The highest BCUT2D eigenvalue weighted by molar-refractivity contribution is 7.92. The molecule has 0 bridgehead atoms. The Labute approximate surface area is 235 Å². The summed E-state index contributed by atoms with van der Waals surface area (Å²) in [7, 11) is -2.59. The van der Waals surface area contributed by atoms with Crippen LogP contribution in [0.1, 0.15) is 33.3 Å². The lowest BCUT2D eigenvalue weighted by atomic mass is 10.1. The fourth-order valence-electron chi connectivity index (χ4n) is 3.84. The summed E-state index contributed by atoms with van der Waals surface area (Å²) in [6, 6.07) is 20.4. The molecule has 208 valence electrons. The van der Waals surface area contributed by atoms with Gasteiger partial charge in [-0.2, -0.15) is 0 Å². The molecule has 1 atom stereocenters. The maximum Gasteiger partial charge on any atom is 0.264 e. The Hall–Kier alpha value is -3.56. The van der Waals surface area contributed by atoms with Crippen LogP contribution in [0, 0.1) is 0 Å². The van der Waals surface area contributed by atoms with Crippen molar-refractivity contribution in [1.82, 2.24) is 10.2 Å². The highest BCUT2D eigenvalue weighted by Crippen LogP contribution is 2.25. The second-order valence-electron chi connectivity index (χ2n) is 10.1. The van der Waals surface area contributed by atoms with Crippen molar-refractivity contribution < 1.29 is 22.7 Å². The third-order valence-electron chi connectivity index (χ3n) is 5.90. The first-order valence-corrected chi connectivity index (χ1v) is 14.2. The number of ether oxygens (including phenoxy) is 1. The number of methoxy groups -OCH3 is 1. The average molecular weight is 572 g/mol. The summed E-state index contributed by atoms with van der Waals surface area (Å²) in [5, 5.41) is 3.30. The van der Waals surface area contributed by atoms with Crippen molar-refractivity contribution in [3.8, 4) is 5.75 Å². The molecule has 0 aliphatic rings. The molecule has 3 aromatic rings. The van der Waals surface area contributed by atoms with Crippen LogP contribution in [-0.4, -0.2) is 50.4 Å². The number of hydrogen-bond acceptors (Lipinski definition) is 5. The molecule has 0 fully saturated rings. The zero-order valence-corrected chi connectivity index (χ0v) is 24.3. The SMILES string of the molecule is COc1ccc(CN(C(=O)CN(c2ccccc2)S(=O)(=O)c2ccc(Cl)cc2)[C@H](C)C(=O)NC(C)(C)C)cc1. The van der Waals surface area contributed by atoms with Crippen LogP contribution in [0.5, 0.6) is 5.75 Å². The molecule has 0 unspecified atom stereocenters. The van der Waals surface area contributed by atoms with E-state index in [0.29, 0.717) is 16.5 Å². The van der Waals surface area contributed by atoms with E-state index in [-0.39, 0.29) is 17.3 Å². The summed E-state index contributed by atoms with van der Waals surface area (Å²) in [6.45, 7) is 6.75. The zero-order valence-electron chi connectivity index (χ0n) is 22.7. The van der Waals surface area contributed by atoms with Crippen LogP contribution in [0.4, 0.5) is 5.69 Å². The third kappa shape index (κ3) is 7.97. The van der Waals surface area contributed by atoms with Crippen LogP contribution in [-0.2, 0) is 26.2 Å². The topological polar surface area (TPSA) is 96.0 Å². The minimum absolute atomic E-state index is 0.0104. The van der Waals surface area contributed by atoms with Crippen molar-refractivity contribution in [2.75, 3.05) is 18.0 Å². The van der Waals surface area contributed by atoms with Gasteiger partial charge in [0.05, 0.1) is 17.7 Å². The number of benzene rings is 3. The summed E-state index contributed by atoms with van der Waals surface area (Å²) >= 11 is 5.98. The van der Waals surface area contributed by atoms with Crippen LogP contribution in [0.25, 0.3) is 0 Å². The second-order valence-corrected chi connectivity index (χ2v) is 12.4. The van der Waals surface area contributed by atoms with Gasteiger partial charge < -0.3 is 15.0 Å². The van der Waals surface area contributed by atoms with Crippen LogP contribution < -0.4 is 14.4 Å². The maximum absolute atomic E-state index is 13.9. The number of carbonyl (C=O) groups excluding carboxylic acids is 2. The van der Waals surface area contributed by atoms with Gasteiger partial charge in [-0.25, -0.2) is 8.42 Å². The van der Waals surface area contributed by atoms with E-state index in [9.17, 15) is 18.0 Å². The van der Waals surface area contributed by atoms with Gasteiger partial charge in [0.1, 0.15) is 18.3 Å². The van der Waals surface area contributed by atoms with Gasteiger partial charge in [0.2, 0.25) is 11.8 Å². The van der Waals surface area contributed by atoms with Gasteiger partial charge in [0.25, 0.3) is 10.0 Å². The Morgan fingerprint density at radius 2 is 1.54 bits per heavy atom. The minimum atomic E-state index is -4.15. The molecule has 2 amide bonds. The molecule has 0 saturated heterocycles. The van der Waals surface area contributed by atoms with E-state index in [2.05, 4.69) is 5.32 Å². The van der Waals surface area contributed by atoms with Crippen molar-refractivity contribution >= 4 is 39.1 Å². The smallest absolute Gasteiger partial charge is 0.264 e. The number of hydrogen-bond donors (Lipinski definition) is 1. The van der Waals surface area contributed by atoms with E-state index in [1.165, 1.54) is 29.2 Å². The van der Waals surface area contributed by atoms with Crippen molar-refractivity contribution in [1.29, 1.82) is 0 Å². The summed E-state index contributed by atoms with van der Waals surface area (Å²) in [5.74, 6) is -0.237. The Morgan fingerprint density at radius 3 is 2.08 bits per heavy atom. The van der Waals surface area contributed by atoms with Gasteiger partial charge in [0.15, 0.2) is 0 Å². The van der Waals surface area contributed by atoms with E-state index in [1.807, 2.05) is 20.8 Å². The lowest BCUT2D eigenvalue weighted by molar-refractivity contribution is -0.140. The van der Waals surface area contributed by atoms with E-state index >= 15 is 0 Å². The second kappa shape index (κ2) is 12.5. The quantitative estimate of drug-likeness (QED) is 0.374. The molecule has 8 nitrogen and oxygen atoms in total. The number of nitrogens with one attached hydrogen (secondary N) is 1. The number of halogens is 1. The number of anilines is 1. The van der Waals surface area contributed by atoms with Gasteiger partial charge in [-0.1, -0.05) is 41.9 Å². The molecule has 3 aromatic carbocycles. The molecule has 10 heteroatoms. The summed E-state index contributed by atoms with van der Waals surface area (Å²) in [6.07, 6.45) is 0. The highest BCUT2D eigenvalue weighted by Gasteiger charge is 2.33. The standard InChI is InChI=1S/C29H34ClN3O5S/c1-21(28(35)31-29(2,3)4)32(19-22-11-15-25(38-5)16-12-22)27(34)20-33(24-9-7-6-8-10-24)39(36,37)26-17-13-23(30)14-18-26/h6-18,21H,19-20H2,1-5H3,(H,31,35)/t21-/m1/s1. The molecular weight excluding hydrogens is 538 g/mol. The minimum Gasteiger partial charge on any atom is -0.497 e. The number of amides is 2. The van der Waals surface area contributed by atoms with Gasteiger partial charge >= 0.3 is 0 Å². The lowest BCUT2D eigenvalue weighted by Crippen LogP contribution is -2.54. The Balaban J connectivity index is 2.00. The first kappa shape index (κ1) is 30.0. The highest BCUT2D eigenvalue weighted by atomic mass is 35.5. The van der Waals surface area contributed by atoms with Crippen molar-refractivity contribution in [3.05, 3.63) is 89.4 Å². The van der Waals surface area contributed by atoms with E-state index in [1.54, 1.807) is 68.6 Å². The van der Waals surface area contributed by atoms with Crippen LogP contribution >= 0.6 is 11.6 Å². The first-order valence-electron chi connectivity index (χ1n) is 12.4. The maximum atomic E-state index is 13.9. The number of rotatable bonds is 10. The lowest BCUT2D eigenvalue weighted by Gasteiger charge is -2.33. The first-order chi connectivity index (χ1) is 18.3. The number of carbonyl (C=O) groups is 2. The molecular formula is C29H34ClN3O5S. The van der Waals surface area contributed by atoms with Crippen LogP contribution in [0.2, 0.25) is 5.02 Å². The fraction of sp³-hybridized carbons (Fsp3) is 0.310. The van der Waals surface area contributed by atoms with E-state index in [4.69, 9.17) is 16.3 Å². The number of sulfonamides is 1. The monoisotopic (exact) mass is 571 g/mol. The Bertz CT molecular complexity index is 1370. The molecule has 39 heavy (non-hydrogen) atoms. The fourth-order valence-corrected chi connectivity index (χ4v) is 5.38. The normalized spacial score (nSPS) is 12.4. The van der Waals surface area contributed by atoms with E-state index < -0.39 is 34.1 Å². The van der Waals surface area contributed by atoms with Gasteiger partial charge in [0, 0.05) is 17.1 Å². The molecule has 0 heterocycles. The Kier molecular flexibility index (Phi) is 9.63. The summed E-state index contributed by atoms with van der Waals surface area (Å²) < 4.78 is 33.8. The van der Waals surface area contributed by atoms with Crippen LogP contribution in [0.3, 0.4) is 0 Å². The average Bonchev–Trinajstić information content (AvgIpc) is 2.90. The summed E-state index contributed by atoms with van der Waals surface area (Å²) in [5.41, 5.74) is 0.553. The van der Waals surface area contributed by atoms with Gasteiger partial charge in [-0.05, 0) is 81.8 Å². The number of para-hydroxylation sites is 1. The molecule has 1 N–H and O–H groups in total. The molecule has 0 aliphatic carbocycles. The molecule has 3 rings (SSSR count). The number of nitrogens with zero attached hydrogens (tertiary/aromatic N) is 2. The van der Waals surface area contributed by atoms with Crippen molar-refractivity contribution in [2.45, 2.75) is 50.7 Å². The van der Waals surface area contributed by atoms with Crippen LogP contribution in [0.15, 0.2) is 83.8 Å². The van der Waals surface area contributed by atoms with E-state index in [0.717, 1.165) is 9.87 Å². The van der Waals surface area contributed by atoms with Crippen molar-refractivity contribution in [2.24, 2.45) is 0 Å². The molecule has 0 saturated carbocycles. The molecule has 0 aliphatic heterocycles. The Morgan fingerprint density at radius 1 is 0.949 bits per heavy atom. The molecule has 0 spiro atoms. The predicted octanol–water partition coefficient (Wildman–Crippen LogP) is 4.88. The molecule has 0 radical (unpaired) electrons. The zero-order chi connectivity index (χ0) is 28.8. The van der Waals surface area contributed by atoms with Gasteiger partial charge in [-0.15, -0.1) is 0 Å². The molecule has 0 aromatic heterocycles. The van der Waals surface area contributed by atoms with Crippen molar-refractivity contribution in [3.63, 3.8) is 0 Å². The third-order valence-corrected chi connectivity index (χ3v) is 7.94.